The molecule has 1 aliphatic heterocycles. The summed E-state index contributed by atoms with van der Waals surface area (Å²) in [5.41, 5.74) is 0.688. The molecule has 2 rings (SSSR count). The van der Waals surface area contributed by atoms with Crippen LogP contribution >= 0.6 is 0 Å². The summed E-state index contributed by atoms with van der Waals surface area (Å²) in [4.78, 5) is 24.9. The van der Waals surface area contributed by atoms with Gasteiger partial charge in [0.1, 0.15) is 0 Å². The molecule has 1 unspecified atom stereocenters. The van der Waals surface area contributed by atoms with E-state index in [0.29, 0.717) is 5.56 Å². The molecule has 0 spiro atoms. The Morgan fingerprint density at radius 2 is 1.72 bits per heavy atom. The maximum Gasteiger partial charge on any atom is 0.228 e. The fourth-order valence-electron chi connectivity index (χ4n) is 3.10. The Morgan fingerprint density at radius 1 is 1.16 bits per heavy atom. The first kappa shape index (κ1) is 19.9. The number of hydrogen-bond donors (Lipinski definition) is 1. The summed E-state index contributed by atoms with van der Waals surface area (Å²) >= 11 is 0. The zero-order valence-corrected chi connectivity index (χ0v) is 17.4. The molecular weight excluding hydrogens is 330 g/mol. The van der Waals surface area contributed by atoms with E-state index in [4.69, 9.17) is 4.43 Å². The highest BCUT2D eigenvalue weighted by atomic mass is 28.4. The summed E-state index contributed by atoms with van der Waals surface area (Å²) in [5.74, 6) is -0.480. The summed E-state index contributed by atoms with van der Waals surface area (Å²) in [6, 6.07) is 9.10. The molecule has 1 N–H and O–H groups in total. The highest BCUT2D eigenvalue weighted by Crippen LogP contribution is 2.39. The van der Waals surface area contributed by atoms with Gasteiger partial charge in [-0.25, -0.2) is 0 Å². The summed E-state index contributed by atoms with van der Waals surface area (Å²) in [5, 5.41) is 3.01. The Bertz CT molecular complexity index is 636. The number of β-lactam (4-membered cyclic amide) rings is 1. The van der Waals surface area contributed by atoms with E-state index in [2.05, 4.69) is 39.2 Å². The highest BCUT2D eigenvalue weighted by molar-refractivity contribution is 6.74. The zero-order valence-electron chi connectivity index (χ0n) is 16.4. The van der Waals surface area contributed by atoms with Gasteiger partial charge in [-0.15, -0.1) is 0 Å². The molecule has 0 aliphatic carbocycles. The van der Waals surface area contributed by atoms with Crippen molar-refractivity contribution in [2.24, 2.45) is 11.8 Å². The molecule has 1 heterocycles. The van der Waals surface area contributed by atoms with Crippen LogP contribution in [0.3, 0.4) is 0 Å². The fourth-order valence-corrected chi connectivity index (χ4v) is 4.53. The van der Waals surface area contributed by atoms with E-state index in [9.17, 15) is 9.59 Å². The van der Waals surface area contributed by atoms with Gasteiger partial charge in [-0.05, 0) is 25.1 Å². The molecule has 5 heteroatoms. The van der Waals surface area contributed by atoms with Crippen LogP contribution in [0, 0.1) is 11.8 Å². The first-order valence-electron chi connectivity index (χ1n) is 9.03. The standard InChI is InChI=1S/C20H31NO3Si/c1-13(18(22)15-11-9-8-10-12-15)17-16(19(23)21-17)14(2)24-25(6,7)20(3,4)5/h8-14,16-17H,1-7H3,(H,21,23)/t13?,14-,16-,17+/m1/s1. The predicted molar refractivity (Wildman–Crippen MR) is 103 cm³/mol. The molecule has 1 saturated heterocycles. The molecule has 0 radical (unpaired) electrons. The van der Waals surface area contributed by atoms with Crippen LogP contribution in [0.2, 0.25) is 18.1 Å². The zero-order chi connectivity index (χ0) is 19.0. The van der Waals surface area contributed by atoms with Gasteiger partial charge in [-0.3, -0.25) is 9.59 Å². The van der Waals surface area contributed by atoms with Crippen LogP contribution in [0.25, 0.3) is 0 Å². The van der Waals surface area contributed by atoms with E-state index >= 15 is 0 Å². The van der Waals surface area contributed by atoms with E-state index in [1.54, 1.807) is 0 Å². The maximum atomic E-state index is 12.7. The first-order chi connectivity index (χ1) is 11.5. The second-order valence-electron chi connectivity index (χ2n) is 8.66. The van der Waals surface area contributed by atoms with Crippen LogP contribution in [0.4, 0.5) is 0 Å². The van der Waals surface area contributed by atoms with Crippen LogP contribution < -0.4 is 5.32 Å². The third-order valence-corrected chi connectivity index (χ3v) is 10.4. The molecule has 0 bridgehead atoms. The summed E-state index contributed by atoms with van der Waals surface area (Å²) in [7, 11) is -1.96. The lowest BCUT2D eigenvalue weighted by Gasteiger charge is -2.46. The van der Waals surface area contributed by atoms with Gasteiger partial charge < -0.3 is 9.74 Å². The number of carbonyl (C=O) groups excluding carboxylic acids is 2. The molecule has 1 aromatic carbocycles. The highest BCUT2D eigenvalue weighted by Gasteiger charge is 2.50. The van der Waals surface area contributed by atoms with Crippen molar-refractivity contribution in [2.45, 2.75) is 64.9 Å². The normalized spacial score (nSPS) is 23.4. The Morgan fingerprint density at radius 3 is 2.20 bits per heavy atom. The number of Topliss-reactive ketones (excluding diaryl/α,β-unsaturated/α-hetero) is 1. The molecule has 0 aromatic heterocycles. The average molecular weight is 362 g/mol. The van der Waals surface area contributed by atoms with Gasteiger partial charge in [0.05, 0.1) is 18.1 Å². The number of rotatable bonds is 6. The van der Waals surface area contributed by atoms with Gasteiger partial charge in [-0.2, -0.15) is 0 Å². The molecule has 1 aromatic rings. The summed E-state index contributed by atoms with van der Waals surface area (Å²) in [6.07, 6.45) is -0.189. The van der Waals surface area contributed by atoms with Gasteiger partial charge in [0.25, 0.3) is 0 Å². The monoisotopic (exact) mass is 361 g/mol. The van der Waals surface area contributed by atoms with E-state index in [1.807, 2.05) is 44.2 Å². The lowest BCUT2D eigenvalue weighted by Crippen LogP contribution is -2.66. The number of ketones is 1. The van der Waals surface area contributed by atoms with Crippen molar-refractivity contribution in [3.63, 3.8) is 0 Å². The van der Waals surface area contributed by atoms with E-state index in [0.717, 1.165) is 0 Å². The minimum absolute atomic E-state index is 0.0103. The van der Waals surface area contributed by atoms with E-state index in [-0.39, 0.29) is 40.7 Å². The molecule has 1 fully saturated rings. The van der Waals surface area contributed by atoms with Gasteiger partial charge in [0.2, 0.25) is 5.91 Å². The van der Waals surface area contributed by atoms with Crippen molar-refractivity contribution in [1.82, 2.24) is 5.32 Å². The minimum Gasteiger partial charge on any atom is -0.413 e. The van der Waals surface area contributed by atoms with Crippen LogP contribution in [-0.2, 0) is 9.22 Å². The maximum absolute atomic E-state index is 12.7. The van der Waals surface area contributed by atoms with Crippen molar-refractivity contribution in [3.8, 4) is 0 Å². The molecule has 1 aliphatic rings. The van der Waals surface area contributed by atoms with Gasteiger partial charge in [-0.1, -0.05) is 58.0 Å². The second-order valence-corrected chi connectivity index (χ2v) is 13.4. The molecule has 4 atom stereocenters. The van der Waals surface area contributed by atoms with Gasteiger partial charge >= 0.3 is 0 Å². The summed E-state index contributed by atoms with van der Waals surface area (Å²) in [6.45, 7) is 14.8. The smallest absolute Gasteiger partial charge is 0.228 e. The Balaban J connectivity index is 2.11. The van der Waals surface area contributed by atoms with Crippen molar-refractivity contribution in [2.75, 3.05) is 0 Å². The number of hydrogen-bond acceptors (Lipinski definition) is 3. The van der Waals surface area contributed by atoms with Crippen molar-refractivity contribution in [1.29, 1.82) is 0 Å². The Hall–Kier alpha value is -1.46. The quantitative estimate of drug-likeness (QED) is 0.473. The van der Waals surface area contributed by atoms with Crippen molar-refractivity contribution in [3.05, 3.63) is 35.9 Å². The molecular formula is C20H31NO3Si. The Labute approximate surface area is 152 Å². The molecule has 0 saturated carbocycles. The lowest BCUT2D eigenvalue weighted by molar-refractivity contribution is -0.141. The largest absolute Gasteiger partial charge is 0.413 e. The number of amides is 1. The van der Waals surface area contributed by atoms with E-state index < -0.39 is 8.32 Å². The van der Waals surface area contributed by atoms with Crippen LogP contribution in [0.5, 0.6) is 0 Å². The fraction of sp³-hybridized carbons (Fsp3) is 0.600. The van der Waals surface area contributed by atoms with E-state index in [1.165, 1.54) is 0 Å². The van der Waals surface area contributed by atoms with Crippen molar-refractivity contribution >= 4 is 20.0 Å². The van der Waals surface area contributed by atoms with Crippen LogP contribution in [0.1, 0.15) is 45.0 Å². The summed E-state index contributed by atoms with van der Waals surface area (Å²) < 4.78 is 6.41. The molecule has 25 heavy (non-hydrogen) atoms. The topological polar surface area (TPSA) is 55.4 Å². The number of nitrogens with one attached hydrogen (secondary N) is 1. The van der Waals surface area contributed by atoms with Gasteiger partial charge in [0.15, 0.2) is 14.1 Å². The Kier molecular flexibility index (Phi) is 5.59. The van der Waals surface area contributed by atoms with Crippen LogP contribution in [0.15, 0.2) is 30.3 Å². The lowest BCUT2D eigenvalue weighted by atomic mass is 9.76. The third-order valence-electron chi connectivity index (χ3n) is 5.80. The second kappa shape index (κ2) is 7.04. The predicted octanol–water partition coefficient (Wildman–Crippen LogP) is 4.03. The number of benzene rings is 1. The molecule has 1 amide bonds. The molecule has 138 valence electrons. The SMILES string of the molecule is CC(C(=O)c1ccccc1)[C@@H]1NC(=O)[C@@H]1[C@@H](C)O[Si](C)(C)C(C)(C)C. The first-order valence-corrected chi connectivity index (χ1v) is 11.9. The average Bonchev–Trinajstić information content (AvgIpc) is 2.50. The van der Waals surface area contributed by atoms with Crippen molar-refractivity contribution < 1.29 is 14.0 Å². The minimum atomic E-state index is -1.96. The van der Waals surface area contributed by atoms with Gasteiger partial charge in [0, 0.05) is 11.5 Å². The van der Waals surface area contributed by atoms with Crippen LogP contribution in [-0.4, -0.2) is 32.2 Å². The molecule has 4 nitrogen and oxygen atoms in total. The third kappa shape index (κ3) is 4.03. The number of carbonyl (C=O) groups is 2.